The number of halogens is 1. The Labute approximate surface area is 177 Å². The summed E-state index contributed by atoms with van der Waals surface area (Å²) < 4.78 is 28.0. The number of benzene rings is 2. The molecule has 2 bridgehead atoms. The number of rotatable bonds is 6. The first kappa shape index (κ1) is 20.2. The molecule has 154 valence electrons. The summed E-state index contributed by atoms with van der Waals surface area (Å²) in [5, 5.41) is 3.51. The van der Waals surface area contributed by atoms with Gasteiger partial charge in [0.05, 0.1) is 10.6 Å². The van der Waals surface area contributed by atoms with Gasteiger partial charge in [-0.05, 0) is 67.9 Å². The summed E-state index contributed by atoms with van der Waals surface area (Å²) in [4.78, 5) is 13.0. The molecule has 0 saturated heterocycles. The van der Waals surface area contributed by atoms with Gasteiger partial charge in [-0.1, -0.05) is 42.3 Å². The van der Waals surface area contributed by atoms with E-state index in [1.54, 1.807) is 36.4 Å². The van der Waals surface area contributed by atoms with Crippen molar-refractivity contribution in [3.8, 4) is 0 Å². The van der Waals surface area contributed by atoms with E-state index in [9.17, 15) is 13.2 Å². The number of carbonyl (C=O) groups excluding carboxylic acids is 1. The number of amides is 1. The summed E-state index contributed by atoms with van der Waals surface area (Å²) in [5.74, 6) is 0.946. The SMILES string of the molecule is Cc1ccc(Cl)cc1N(CC(=O)N[C@@H]1C[C@H]2CC[C@H]1C2)S(=O)(=O)c1ccccc1. The highest BCUT2D eigenvalue weighted by Crippen LogP contribution is 2.44. The van der Waals surface area contributed by atoms with Crippen LogP contribution in [0.25, 0.3) is 0 Å². The molecule has 0 aliphatic heterocycles. The van der Waals surface area contributed by atoms with Crippen LogP contribution in [-0.4, -0.2) is 26.9 Å². The van der Waals surface area contributed by atoms with E-state index in [1.165, 1.54) is 29.3 Å². The molecule has 0 heterocycles. The van der Waals surface area contributed by atoms with Gasteiger partial charge in [-0.25, -0.2) is 8.42 Å². The Morgan fingerprint density at radius 1 is 1.14 bits per heavy atom. The van der Waals surface area contributed by atoms with Crippen LogP contribution >= 0.6 is 11.6 Å². The van der Waals surface area contributed by atoms with Gasteiger partial charge in [0, 0.05) is 11.1 Å². The van der Waals surface area contributed by atoms with E-state index in [1.807, 2.05) is 6.92 Å². The van der Waals surface area contributed by atoms with Crippen LogP contribution in [0.2, 0.25) is 5.02 Å². The highest BCUT2D eigenvalue weighted by atomic mass is 35.5. The van der Waals surface area contributed by atoms with E-state index in [2.05, 4.69) is 5.32 Å². The molecule has 1 amide bonds. The molecule has 1 N–H and O–H groups in total. The molecule has 0 aromatic heterocycles. The second-order valence-corrected chi connectivity index (χ2v) is 10.4. The Bertz CT molecular complexity index is 1010. The summed E-state index contributed by atoms with van der Waals surface area (Å²) in [6.45, 7) is 1.54. The van der Waals surface area contributed by atoms with Crippen LogP contribution in [0.15, 0.2) is 53.4 Å². The quantitative estimate of drug-likeness (QED) is 0.745. The zero-order valence-corrected chi connectivity index (χ0v) is 17.9. The standard InChI is InChI=1S/C22H25ClN2O3S/c1-15-7-10-18(23)13-21(15)25(29(27,28)19-5-3-2-4-6-19)14-22(26)24-20-12-16-8-9-17(20)11-16/h2-7,10,13,16-17,20H,8-9,11-12,14H2,1H3,(H,24,26)/t16-,17-,20+/m0/s1. The molecule has 2 fully saturated rings. The molecule has 29 heavy (non-hydrogen) atoms. The minimum atomic E-state index is -3.92. The molecule has 0 radical (unpaired) electrons. The summed E-state index contributed by atoms with van der Waals surface area (Å²) in [6, 6.07) is 13.4. The van der Waals surface area contributed by atoms with Crippen molar-refractivity contribution in [1.29, 1.82) is 0 Å². The van der Waals surface area contributed by atoms with Crippen molar-refractivity contribution < 1.29 is 13.2 Å². The van der Waals surface area contributed by atoms with Gasteiger partial charge in [-0.3, -0.25) is 9.10 Å². The van der Waals surface area contributed by atoms with Gasteiger partial charge in [0.15, 0.2) is 0 Å². The van der Waals surface area contributed by atoms with E-state index >= 15 is 0 Å². The fourth-order valence-electron chi connectivity index (χ4n) is 4.67. The van der Waals surface area contributed by atoms with Gasteiger partial charge in [-0.15, -0.1) is 0 Å². The Balaban J connectivity index is 1.63. The number of hydrogen-bond acceptors (Lipinski definition) is 3. The molecule has 2 saturated carbocycles. The number of nitrogens with one attached hydrogen (secondary N) is 1. The van der Waals surface area contributed by atoms with Crippen molar-refractivity contribution in [3.05, 3.63) is 59.1 Å². The lowest BCUT2D eigenvalue weighted by Crippen LogP contribution is -2.46. The maximum Gasteiger partial charge on any atom is 0.264 e. The van der Waals surface area contributed by atoms with Crippen molar-refractivity contribution in [2.24, 2.45) is 11.8 Å². The number of sulfonamides is 1. The molecular weight excluding hydrogens is 408 g/mol. The summed E-state index contributed by atoms with van der Waals surface area (Å²) >= 11 is 6.15. The predicted octanol–water partition coefficient (Wildman–Crippen LogP) is 4.15. The van der Waals surface area contributed by atoms with Crippen LogP contribution in [0.5, 0.6) is 0 Å². The first-order chi connectivity index (χ1) is 13.8. The predicted molar refractivity (Wildman–Crippen MR) is 115 cm³/mol. The van der Waals surface area contributed by atoms with E-state index in [0.29, 0.717) is 22.5 Å². The van der Waals surface area contributed by atoms with Crippen LogP contribution in [0.3, 0.4) is 0 Å². The summed E-state index contributed by atoms with van der Waals surface area (Å²) in [7, 11) is -3.92. The van der Waals surface area contributed by atoms with Gasteiger partial charge in [0.2, 0.25) is 5.91 Å². The molecule has 2 aliphatic carbocycles. The third-order valence-electron chi connectivity index (χ3n) is 6.14. The second kappa shape index (κ2) is 8.00. The van der Waals surface area contributed by atoms with Crippen molar-refractivity contribution in [2.75, 3.05) is 10.8 Å². The number of fused-ring (bicyclic) bond motifs is 2. The van der Waals surface area contributed by atoms with Gasteiger partial charge in [0.25, 0.3) is 10.0 Å². The Morgan fingerprint density at radius 3 is 2.55 bits per heavy atom. The average Bonchev–Trinajstić information content (AvgIpc) is 3.32. The van der Waals surface area contributed by atoms with Gasteiger partial charge in [-0.2, -0.15) is 0 Å². The Kier molecular flexibility index (Phi) is 5.58. The van der Waals surface area contributed by atoms with Crippen molar-refractivity contribution in [2.45, 2.75) is 43.5 Å². The highest BCUT2D eigenvalue weighted by Gasteiger charge is 2.40. The maximum absolute atomic E-state index is 13.4. The first-order valence-electron chi connectivity index (χ1n) is 9.98. The van der Waals surface area contributed by atoms with Crippen LogP contribution in [0.4, 0.5) is 5.69 Å². The van der Waals surface area contributed by atoms with Crippen molar-refractivity contribution in [3.63, 3.8) is 0 Å². The van der Waals surface area contributed by atoms with E-state index in [4.69, 9.17) is 11.6 Å². The smallest absolute Gasteiger partial charge is 0.264 e. The van der Waals surface area contributed by atoms with Crippen molar-refractivity contribution in [1.82, 2.24) is 5.32 Å². The fourth-order valence-corrected chi connectivity index (χ4v) is 6.34. The van der Waals surface area contributed by atoms with Gasteiger partial charge in [0.1, 0.15) is 6.54 Å². The molecule has 3 atom stereocenters. The summed E-state index contributed by atoms with van der Waals surface area (Å²) in [5.41, 5.74) is 1.16. The topological polar surface area (TPSA) is 66.5 Å². The lowest BCUT2D eigenvalue weighted by molar-refractivity contribution is -0.120. The molecule has 2 aromatic rings. The van der Waals surface area contributed by atoms with Crippen LogP contribution in [0.1, 0.15) is 31.2 Å². The molecule has 0 unspecified atom stereocenters. The average molecular weight is 433 g/mol. The zero-order chi connectivity index (χ0) is 20.6. The lowest BCUT2D eigenvalue weighted by Gasteiger charge is -2.28. The third-order valence-corrected chi connectivity index (χ3v) is 8.15. The van der Waals surface area contributed by atoms with E-state index in [0.717, 1.165) is 18.4 Å². The molecule has 4 rings (SSSR count). The number of hydrogen-bond donors (Lipinski definition) is 1. The van der Waals surface area contributed by atoms with Crippen LogP contribution < -0.4 is 9.62 Å². The third kappa shape index (κ3) is 4.14. The maximum atomic E-state index is 13.4. The molecule has 2 aliphatic rings. The number of anilines is 1. The van der Waals surface area contributed by atoms with Gasteiger partial charge >= 0.3 is 0 Å². The molecule has 2 aromatic carbocycles. The van der Waals surface area contributed by atoms with Crippen molar-refractivity contribution >= 4 is 33.2 Å². The number of aryl methyl sites for hydroxylation is 1. The molecule has 5 nitrogen and oxygen atoms in total. The second-order valence-electron chi connectivity index (χ2n) is 8.10. The lowest BCUT2D eigenvalue weighted by atomic mass is 9.95. The Morgan fingerprint density at radius 2 is 1.90 bits per heavy atom. The Hall–Kier alpha value is -2.05. The van der Waals surface area contributed by atoms with Crippen LogP contribution in [-0.2, 0) is 14.8 Å². The fraction of sp³-hybridized carbons (Fsp3) is 0.409. The van der Waals surface area contributed by atoms with E-state index < -0.39 is 10.0 Å². The zero-order valence-electron chi connectivity index (χ0n) is 16.3. The number of nitrogens with zero attached hydrogens (tertiary/aromatic N) is 1. The minimum Gasteiger partial charge on any atom is -0.352 e. The van der Waals surface area contributed by atoms with E-state index in [-0.39, 0.29) is 23.4 Å². The monoisotopic (exact) mass is 432 g/mol. The highest BCUT2D eigenvalue weighted by molar-refractivity contribution is 7.92. The number of carbonyl (C=O) groups is 1. The minimum absolute atomic E-state index is 0.145. The largest absolute Gasteiger partial charge is 0.352 e. The van der Waals surface area contributed by atoms with Crippen LogP contribution in [0, 0.1) is 18.8 Å². The molecular formula is C22H25ClN2O3S. The molecule has 0 spiro atoms. The van der Waals surface area contributed by atoms with Gasteiger partial charge < -0.3 is 5.32 Å². The molecule has 7 heteroatoms. The first-order valence-corrected chi connectivity index (χ1v) is 11.8. The summed E-state index contributed by atoms with van der Waals surface area (Å²) in [6.07, 6.45) is 4.56. The normalized spacial score (nSPS) is 23.2.